The van der Waals surface area contributed by atoms with Crippen LogP contribution in [0.25, 0.3) is 0 Å². The lowest BCUT2D eigenvalue weighted by atomic mass is 10.3. The Morgan fingerprint density at radius 1 is 1.26 bits per heavy atom. The van der Waals surface area contributed by atoms with E-state index in [1.807, 2.05) is 5.38 Å². The molecule has 0 saturated carbocycles. The summed E-state index contributed by atoms with van der Waals surface area (Å²) in [5.74, 6) is -0.429. The van der Waals surface area contributed by atoms with Gasteiger partial charge in [0.2, 0.25) is 5.76 Å². The van der Waals surface area contributed by atoms with Gasteiger partial charge in [-0.25, -0.2) is 9.78 Å². The van der Waals surface area contributed by atoms with Crippen LogP contribution in [0.15, 0.2) is 28.1 Å². The van der Waals surface area contributed by atoms with E-state index in [-0.39, 0.29) is 5.76 Å². The second-order valence-electron chi connectivity index (χ2n) is 4.23. The van der Waals surface area contributed by atoms with Gasteiger partial charge in [-0.1, -0.05) is 0 Å². The molecule has 2 aromatic heterocycles. The van der Waals surface area contributed by atoms with E-state index in [1.54, 1.807) is 23.6 Å². The molecule has 19 heavy (non-hydrogen) atoms. The Morgan fingerprint density at radius 3 is 2.58 bits per heavy atom. The van der Waals surface area contributed by atoms with Gasteiger partial charge in [-0.2, -0.15) is 0 Å². The van der Waals surface area contributed by atoms with Crippen LogP contribution in [0.4, 0.5) is 11.0 Å². The second kappa shape index (κ2) is 4.93. The summed E-state index contributed by atoms with van der Waals surface area (Å²) in [6, 6.07) is 3.20. The Morgan fingerprint density at radius 2 is 2.00 bits per heavy atom. The first-order chi connectivity index (χ1) is 9.24. The Labute approximate surface area is 113 Å². The Balaban J connectivity index is 1.64. The number of carbonyl (C=O) groups is 1. The van der Waals surface area contributed by atoms with E-state index in [0.29, 0.717) is 5.88 Å². The van der Waals surface area contributed by atoms with E-state index >= 15 is 0 Å². The highest BCUT2D eigenvalue weighted by atomic mass is 32.1. The first kappa shape index (κ1) is 12.0. The van der Waals surface area contributed by atoms with Crippen molar-refractivity contribution in [2.24, 2.45) is 0 Å². The molecule has 0 radical (unpaired) electrons. The summed E-state index contributed by atoms with van der Waals surface area (Å²) < 4.78 is 5.31. The molecule has 100 valence electrons. The average molecular weight is 279 g/mol. The summed E-state index contributed by atoms with van der Waals surface area (Å²) in [5, 5.41) is 11.8. The third kappa shape index (κ3) is 2.41. The van der Waals surface area contributed by atoms with Crippen molar-refractivity contribution in [2.75, 3.05) is 36.0 Å². The number of carboxylic acid groups (broad SMARTS) is 1. The van der Waals surface area contributed by atoms with Crippen molar-refractivity contribution in [3.8, 4) is 0 Å². The largest absolute Gasteiger partial charge is 0.475 e. The second-order valence-corrected chi connectivity index (χ2v) is 5.10. The molecule has 0 amide bonds. The molecule has 0 spiro atoms. The highest BCUT2D eigenvalue weighted by molar-refractivity contribution is 7.13. The predicted molar refractivity (Wildman–Crippen MR) is 72.2 cm³/mol. The highest BCUT2D eigenvalue weighted by Gasteiger charge is 2.21. The number of hydrogen-bond acceptors (Lipinski definition) is 6. The minimum absolute atomic E-state index is 0.0163. The molecule has 6 nitrogen and oxygen atoms in total. The fraction of sp³-hybridized carbons (Fsp3) is 0.333. The van der Waals surface area contributed by atoms with E-state index in [0.717, 1.165) is 31.3 Å². The first-order valence-electron chi connectivity index (χ1n) is 5.96. The molecule has 1 N–H and O–H groups in total. The molecule has 0 aliphatic carbocycles. The van der Waals surface area contributed by atoms with Crippen LogP contribution in [-0.4, -0.2) is 42.2 Å². The summed E-state index contributed by atoms with van der Waals surface area (Å²) in [4.78, 5) is 19.3. The number of furan rings is 1. The maximum absolute atomic E-state index is 10.8. The highest BCUT2D eigenvalue weighted by Crippen LogP contribution is 2.23. The molecule has 2 aromatic rings. The number of aromatic nitrogens is 1. The molecular formula is C12H13N3O3S. The minimum atomic E-state index is -1.03. The normalized spacial score (nSPS) is 15.8. The fourth-order valence-electron chi connectivity index (χ4n) is 2.10. The smallest absolute Gasteiger partial charge is 0.371 e. The molecule has 0 bridgehead atoms. The van der Waals surface area contributed by atoms with Crippen LogP contribution in [0.5, 0.6) is 0 Å². The number of anilines is 2. The molecule has 1 fully saturated rings. The zero-order chi connectivity index (χ0) is 13.2. The Kier molecular flexibility index (Phi) is 3.12. The van der Waals surface area contributed by atoms with E-state index in [4.69, 9.17) is 9.52 Å². The predicted octanol–water partition coefficient (Wildman–Crippen LogP) is 1.76. The molecular weight excluding hydrogens is 266 g/mol. The lowest BCUT2D eigenvalue weighted by Crippen LogP contribution is -2.46. The van der Waals surface area contributed by atoms with Crippen LogP contribution >= 0.6 is 11.3 Å². The van der Waals surface area contributed by atoms with Gasteiger partial charge in [0, 0.05) is 43.8 Å². The van der Waals surface area contributed by atoms with Crippen molar-refractivity contribution >= 4 is 28.3 Å². The van der Waals surface area contributed by atoms with Crippen molar-refractivity contribution in [2.45, 2.75) is 0 Å². The molecule has 1 saturated heterocycles. The van der Waals surface area contributed by atoms with Crippen molar-refractivity contribution < 1.29 is 14.3 Å². The van der Waals surface area contributed by atoms with Gasteiger partial charge in [0.15, 0.2) is 11.0 Å². The number of thiazole rings is 1. The number of rotatable bonds is 3. The molecule has 7 heteroatoms. The zero-order valence-corrected chi connectivity index (χ0v) is 11.0. The van der Waals surface area contributed by atoms with E-state index < -0.39 is 5.97 Å². The summed E-state index contributed by atoms with van der Waals surface area (Å²) >= 11 is 1.63. The number of aromatic carboxylic acids is 1. The third-order valence-electron chi connectivity index (χ3n) is 3.08. The molecule has 1 aliphatic rings. The standard InChI is InChI=1S/C12H13N3O3S/c16-11(17)9-1-2-10(18-9)14-4-6-15(7-5-14)12-13-3-8-19-12/h1-3,8H,4-7H2,(H,16,17). The van der Waals surface area contributed by atoms with Crippen molar-refractivity contribution in [3.63, 3.8) is 0 Å². The van der Waals surface area contributed by atoms with Crippen LogP contribution in [0.2, 0.25) is 0 Å². The van der Waals surface area contributed by atoms with Crippen LogP contribution in [0, 0.1) is 0 Å². The first-order valence-corrected chi connectivity index (χ1v) is 6.84. The van der Waals surface area contributed by atoms with Gasteiger partial charge in [0.1, 0.15) is 0 Å². The molecule has 0 atom stereocenters. The summed E-state index contributed by atoms with van der Waals surface area (Å²) in [7, 11) is 0. The van der Waals surface area contributed by atoms with Gasteiger partial charge in [-0.15, -0.1) is 11.3 Å². The number of nitrogens with zero attached hydrogens (tertiary/aromatic N) is 3. The van der Waals surface area contributed by atoms with Crippen LogP contribution in [0.3, 0.4) is 0 Å². The van der Waals surface area contributed by atoms with Crippen LogP contribution in [0.1, 0.15) is 10.6 Å². The monoisotopic (exact) mass is 279 g/mol. The van der Waals surface area contributed by atoms with E-state index in [9.17, 15) is 4.79 Å². The molecule has 3 rings (SSSR count). The van der Waals surface area contributed by atoms with Crippen molar-refractivity contribution in [1.82, 2.24) is 4.98 Å². The summed E-state index contributed by atoms with van der Waals surface area (Å²) in [5.41, 5.74) is 0. The van der Waals surface area contributed by atoms with Gasteiger partial charge in [0.25, 0.3) is 0 Å². The lowest BCUT2D eigenvalue weighted by Gasteiger charge is -2.34. The topological polar surface area (TPSA) is 69.8 Å². The Bertz CT molecular complexity index is 559. The maximum atomic E-state index is 10.8. The molecule has 1 aliphatic heterocycles. The van der Waals surface area contributed by atoms with Gasteiger partial charge in [0.05, 0.1) is 0 Å². The number of piperazine rings is 1. The van der Waals surface area contributed by atoms with Gasteiger partial charge >= 0.3 is 5.97 Å². The molecule has 3 heterocycles. The van der Waals surface area contributed by atoms with Gasteiger partial charge < -0.3 is 19.3 Å². The van der Waals surface area contributed by atoms with E-state index in [1.165, 1.54) is 6.07 Å². The zero-order valence-electron chi connectivity index (χ0n) is 10.2. The van der Waals surface area contributed by atoms with E-state index in [2.05, 4.69) is 14.8 Å². The van der Waals surface area contributed by atoms with Crippen LogP contribution < -0.4 is 9.80 Å². The molecule has 0 aromatic carbocycles. The number of carboxylic acids is 1. The fourth-order valence-corrected chi connectivity index (χ4v) is 2.80. The third-order valence-corrected chi connectivity index (χ3v) is 3.92. The van der Waals surface area contributed by atoms with Crippen LogP contribution in [-0.2, 0) is 0 Å². The molecule has 0 unspecified atom stereocenters. The summed E-state index contributed by atoms with van der Waals surface area (Å²) in [6.07, 6.45) is 1.80. The van der Waals surface area contributed by atoms with Gasteiger partial charge in [-0.3, -0.25) is 0 Å². The van der Waals surface area contributed by atoms with Gasteiger partial charge in [-0.05, 0) is 6.07 Å². The average Bonchev–Trinajstić information content (AvgIpc) is 3.11. The lowest BCUT2D eigenvalue weighted by molar-refractivity contribution is 0.0663. The van der Waals surface area contributed by atoms with Crippen molar-refractivity contribution in [3.05, 3.63) is 29.5 Å². The summed E-state index contributed by atoms with van der Waals surface area (Å²) in [6.45, 7) is 3.31. The SMILES string of the molecule is O=C(O)c1ccc(N2CCN(c3nccs3)CC2)o1. The Hall–Kier alpha value is -2.02. The minimum Gasteiger partial charge on any atom is -0.475 e. The maximum Gasteiger partial charge on any atom is 0.371 e. The quantitative estimate of drug-likeness (QED) is 0.923. The van der Waals surface area contributed by atoms with Crippen molar-refractivity contribution in [1.29, 1.82) is 0 Å². The number of hydrogen-bond donors (Lipinski definition) is 1.